The summed E-state index contributed by atoms with van der Waals surface area (Å²) in [5.74, 6) is 1.26. The first-order valence-corrected chi connectivity index (χ1v) is 6.66. The summed E-state index contributed by atoms with van der Waals surface area (Å²) in [6.07, 6.45) is 2.56. The fourth-order valence-electron chi connectivity index (χ4n) is 1.97. The van der Waals surface area contributed by atoms with Crippen LogP contribution in [0.25, 0.3) is 10.9 Å². The molecule has 0 fully saturated rings. The molecule has 0 amide bonds. The Morgan fingerprint density at radius 2 is 2.07 bits per heavy atom. The molecule has 82 valence electrons. The number of rotatable bonds is 0. The molecule has 1 aliphatic heterocycles. The number of aryl methyl sites for hydroxylation is 1. The Labute approximate surface area is 96.8 Å². The minimum atomic E-state index is 0. The Morgan fingerprint density at radius 1 is 1.27 bits per heavy atom. The fourth-order valence-corrected chi connectivity index (χ4v) is 3.03. The molecule has 0 bridgehead atoms. The van der Waals surface area contributed by atoms with Crippen LogP contribution in [-0.2, 0) is 6.42 Å². The van der Waals surface area contributed by atoms with Crippen molar-refractivity contribution in [3.8, 4) is 0 Å². The second-order valence-corrected chi connectivity index (χ2v) is 4.54. The predicted octanol–water partition coefficient (Wildman–Crippen LogP) is 4.48. The summed E-state index contributed by atoms with van der Waals surface area (Å²) in [5, 5.41) is 2.82. The quantitative estimate of drug-likeness (QED) is 0.693. The van der Waals surface area contributed by atoms with E-state index in [9.17, 15) is 0 Å². The summed E-state index contributed by atoms with van der Waals surface area (Å²) >= 11 is 1.96. The number of nitrogens with one attached hydrogen (secondary N) is 1. The van der Waals surface area contributed by atoms with E-state index in [2.05, 4.69) is 29.2 Å². The van der Waals surface area contributed by atoms with Crippen molar-refractivity contribution in [2.24, 2.45) is 0 Å². The van der Waals surface area contributed by atoms with Gasteiger partial charge in [-0.15, -0.1) is 11.8 Å². The molecule has 0 saturated carbocycles. The van der Waals surface area contributed by atoms with Gasteiger partial charge < -0.3 is 4.98 Å². The van der Waals surface area contributed by atoms with Gasteiger partial charge in [-0.25, -0.2) is 0 Å². The lowest BCUT2D eigenvalue weighted by atomic mass is 10.1. The molecule has 0 spiro atoms. The van der Waals surface area contributed by atoms with Crippen LogP contribution in [-0.4, -0.2) is 10.7 Å². The zero-order valence-electron chi connectivity index (χ0n) is 9.34. The molecular weight excluding hydrogens is 202 g/mol. The van der Waals surface area contributed by atoms with E-state index < -0.39 is 0 Å². The fraction of sp³-hybridized carbons (Fsp3) is 0.385. The monoisotopic (exact) mass is 221 g/mol. The normalized spacial score (nSPS) is 14.3. The molecule has 1 aliphatic rings. The van der Waals surface area contributed by atoms with Gasteiger partial charge in [-0.2, -0.15) is 0 Å². The number of H-pyrrole nitrogens is 1. The van der Waals surface area contributed by atoms with Gasteiger partial charge in [-0.1, -0.05) is 32.0 Å². The molecule has 0 radical (unpaired) electrons. The third kappa shape index (κ3) is 1.91. The molecule has 1 nitrogen and oxygen atoms in total. The molecule has 2 heterocycles. The van der Waals surface area contributed by atoms with Gasteiger partial charge in [-0.3, -0.25) is 0 Å². The smallest absolute Gasteiger partial charge is 0.0765 e. The largest absolute Gasteiger partial charge is 0.349 e. The Morgan fingerprint density at radius 3 is 2.93 bits per heavy atom. The molecule has 15 heavy (non-hydrogen) atoms. The van der Waals surface area contributed by atoms with E-state index in [-0.39, 0.29) is 1.43 Å². The molecule has 2 aromatic rings. The predicted molar refractivity (Wildman–Crippen MR) is 70.8 cm³/mol. The van der Waals surface area contributed by atoms with E-state index in [4.69, 9.17) is 0 Å². The molecule has 0 unspecified atom stereocenters. The van der Waals surface area contributed by atoms with Crippen LogP contribution in [0, 0.1) is 0 Å². The molecule has 1 aromatic carbocycles. The average molecular weight is 221 g/mol. The van der Waals surface area contributed by atoms with Gasteiger partial charge in [0.1, 0.15) is 0 Å². The van der Waals surface area contributed by atoms with E-state index in [1.165, 1.54) is 40.1 Å². The Hall–Kier alpha value is -0.890. The third-order valence-corrected chi connectivity index (χ3v) is 3.72. The van der Waals surface area contributed by atoms with Crippen LogP contribution in [0.4, 0.5) is 0 Å². The van der Waals surface area contributed by atoms with Crippen LogP contribution in [0.5, 0.6) is 0 Å². The number of aromatic nitrogens is 1. The summed E-state index contributed by atoms with van der Waals surface area (Å²) < 4.78 is 0. The molecule has 2 heteroatoms. The number of benzene rings is 1. The van der Waals surface area contributed by atoms with Gasteiger partial charge in [0.15, 0.2) is 0 Å². The lowest BCUT2D eigenvalue weighted by Gasteiger charge is -2.09. The average Bonchev–Trinajstić information content (AvgIpc) is 2.70. The molecule has 0 aliphatic carbocycles. The van der Waals surface area contributed by atoms with E-state index >= 15 is 0 Å². The molecular formula is C13H19NS. The molecule has 1 N–H and O–H groups in total. The van der Waals surface area contributed by atoms with Crippen molar-refractivity contribution in [2.75, 3.05) is 5.75 Å². The maximum atomic E-state index is 3.48. The minimum absolute atomic E-state index is 0. The minimum Gasteiger partial charge on any atom is -0.349 e. The first-order valence-electron chi connectivity index (χ1n) is 5.67. The second kappa shape index (κ2) is 4.75. The Kier molecular flexibility index (Phi) is 3.37. The van der Waals surface area contributed by atoms with E-state index in [0.717, 1.165) is 0 Å². The lowest BCUT2D eigenvalue weighted by Crippen LogP contribution is -1.95. The van der Waals surface area contributed by atoms with E-state index in [1.54, 1.807) is 0 Å². The summed E-state index contributed by atoms with van der Waals surface area (Å²) in [4.78, 5) is 3.48. The van der Waals surface area contributed by atoms with Gasteiger partial charge in [0.05, 0.1) is 5.03 Å². The zero-order chi connectivity index (χ0) is 10.7. The van der Waals surface area contributed by atoms with Crippen molar-refractivity contribution < 1.29 is 1.43 Å². The molecule has 3 rings (SSSR count). The highest BCUT2D eigenvalue weighted by molar-refractivity contribution is 7.99. The summed E-state index contributed by atoms with van der Waals surface area (Å²) in [6, 6.07) is 8.59. The van der Waals surface area contributed by atoms with Crippen LogP contribution in [0.3, 0.4) is 0 Å². The van der Waals surface area contributed by atoms with Crippen LogP contribution >= 0.6 is 11.8 Å². The van der Waals surface area contributed by atoms with Crippen molar-refractivity contribution in [3.63, 3.8) is 0 Å². The topological polar surface area (TPSA) is 15.8 Å². The standard InChI is InChI=1S/C11H11NS.C2H6.H2/c1-2-6-10-8(4-1)9-5-3-7-13-11(9)12-10;1-2;/h1-2,4,6,12H,3,5,7H2;1-2H3;1H. The van der Waals surface area contributed by atoms with Crippen LogP contribution in [0.2, 0.25) is 0 Å². The van der Waals surface area contributed by atoms with Crippen LogP contribution in [0.1, 0.15) is 27.3 Å². The van der Waals surface area contributed by atoms with Gasteiger partial charge in [0, 0.05) is 12.3 Å². The van der Waals surface area contributed by atoms with Gasteiger partial charge in [0.2, 0.25) is 0 Å². The number of aromatic amines is 1. The van der Waals surface area contributed by atoms with Crippen molar-refractivity contribution >= 4 is 22.7 Å². The number of para-hydroxylation sites is 1. The first kappa shape index (κ1) is 10.6. The molecule has 0 saturated heterocycles. The van der Waals surface area contributed by atoms with Crippen molar-refractivity contribution in [3.05, 3.63) is 29.8 Å². The Bertz CT molecular complexity index is 450. The number of hydrogen-bond acceptors (Lipinski definition) is 1. The second-order valence-electron chi connectivity index (χ2n) is 3.43. The Balaban J connectivity index is 0.000000406. The van der Waals surface area contributed by atoms with Crippen molar-refractivity contribution in [2.45, 2.75) is 31.7 Å². The van der Waals surface area contributed by atoms with Crippen LogP contribution in [0.15, 0.2) is 29.3 Å². The number of fused-ring (bicyclic) bond motifs is 3. The molecule has 1 aromatic heterocycles. The molecule has 0 atom stereocenters. The summed E-state index contributed by atoms with van der Waals surface area (Å²) in [5.41, 5.74) is 2.83. The van der Waals surface area contributed by atoms with Crippen molar-refractivity contribution in [1.82, 2.24) is 4.98 Å². The highest BCUT2D eigenvalue weighted by Crippen LogP contribution is 2.34. The lowest BCUT2D eigenvalue weighted by molar-refractivity contribution is 0.887. The maximum absolute atomic E-state index is 3.48. The van der Waals surface area contributed by atoms with Crippen molar-refractivity contribution in [1.29, 1.82) is 0 Å². The summed E-state index contributed by atoms with van der Waals surface area (Å²) in [7, 11) is 0. The summed E-state index contributed by atoms with van der Waals surface area (Å²) in [6.45, 7) is 4.00. The number of hydrogen-bond donors (Lipinski definition) is 1. The highest BCUT2D eigenvalue weighted by atomic mass is 32.2. The van der Waals surface area contributed by atoms with Crippen LogP contribution < -0.4 is 0 Å². The zero-order valence-corrected chi connectivity index (χ0v) is 10.2. The van der Waals surface area contributed by atoms with Gasteiger partial charge >= 0.3 is 0 Å². The highest BCUT2D eigenvalue weighted by Gasteiger charge is 2.14. The van der Waals surface area contributed by atoms with E-state index in [0.29, 0.717) is 0 Å². The van der Waals surface area contributed by atoms with E-state index in [1.807, 2.05) is 25.6 Å². The first-order chi connectivity index (χ1) is 7.45. The number of thioether (sulfide) groups is 1. The third-order valence-electron chi connectivity index (χ3n) is 2.59. The SMILES string of the molecule is CC.[HH].c1ccc2c3c([nH]c2c1)SCCC3. The maximum Gasteiger partial charge on any atom is 0.0765 e. The van der Waals surface area contributed by atoms with Gasteiger partial charge in [0.25, 0.3) is 0 Å². The van der Waals surface area contributed by atoms with Gasteiger partial charge in [-0.05, 0) is 30.2 Å².